The predicted octanol–water partition coefficient (Wildman–Crippen LogP) is 5.10. The fourth-order valence-corrected chi connectivity index (χ4v) is 3.55. The first kappa shape index (κ1) is 26.7. The van der Waals surface area contributed by atoms with Crippen molar-refractivity contribution < 1.29 is 29.0 Å². The van der Waals surface area contributed by atoms with E-state index in [2.05, 4.69) is 11.9 Å². The van der Waals surface area contributed by atoms with Gasteiger partial charge in [-0.3, -0.25) is 14.6 Å². The van der Waals surface area contributed by atoms with Gasteiger partial charge in [-0.05, 0) is 55.3 Å². The lowest BCUT2D eigenvalue weighted by Crippen LogP contribution is -2.36. The molecule has 1 aromatic heterocycles. The number of ether oxygens (including phenoxy) is 2. The number of carboxylic acid groups (broad SMARTS) is 1. The maximum Gasteiger partial charge on any atom is 0.335 e. The van der Waals surface area contributed by atoms with Crippen molar-refractivity contribution in [3.8, 4) is 5.75 Å². The van der Waals surface area contributed by atoms with Crippen molar-refractivity contribution in [2.24, 2.45) is 0 Å². The summed E-state index contributed by atoms with van der Waals surface area (Å²) in [6, 6.07) is 15.1. The molecule has 0 aliphatic carbocycles. The Morgan fingerprint density at radius 2 is 1.67 bits per heavy atom. The summed E-state index contributed by atoms with van der Waals surface area (Å²) in [5, 5.41) is 10.2. The molecule has 0 radical (unpaired) electrons. The summed E-state index contributed by atoms with van der Waals surface area (Å²) in [6.07, 6.45) is 3.65. The number of amides is 1. The van der Waals surface area contributed by atoms with Crippen molar-refractivity contribution >= 4 is 28.7 Å². The van der Waals surface area contributed by atoms with Crippen LogP contribution >= 0.6 is 0 Å². The summed E-state index contributed by atoms with van der Waals surface area (Å²) in [6.45, 7) is 4.82. The predicted molar refractivity (Wildman–Crippen MR) is 136 cm³/mol. The molecule has 0 saturated carbocycles. The molecule has 0 atom stereocenters. The number of hydrogen-bond acceptors (Lipinski definition) is 6. The summed E-state index contributed by atoms with van der Waals surface area (Å²) in [4.78, 5) is 43.1. The first-order chi connectivity index (χ1) is 17.4. The van der Waals surface area contributed by atoms with E-state index in [0.717, 1.165) is 42.3 Å². The molecule has 0 saturated heterocycles. The molecule has 1 N–H and O–H groups in total. The molecule has 1 heterocycles. The second-order valence-electron chi connectivity index (χ2n) is 8.48. The van der Waals surface area contributed by atoms with Gasteiger partial charge in [0.05, 0.1) is 36.5 Å². The van der Waals surface area contributed by atoms with Gasteiger partial charge in [0.25, 0.3) is 5.91 Å². The Bertz CT molecular complexity index is 1210. The summed E-state index contributed by atoms with van der Waals surface area (Å²) < 4.78 is 11.0. The highest BCUT2D eigenvalue weighted by atomic mass is 16.5. The topological polar surface area (TPSA) is 106 Å². The fraction of sp³-hybridized carbons (Fsp3) is 0.357. The van der Waals surface area contributed by atoms with Crippen molar-refractivity contribution in [1.29, 1.82) is 0 Å². The zero-order chi connectivity index (χ0) is 25.9. The zero-order valence-corrected chi connectivity index (χ0v) is 20.7. The van der Waals surface area contributed by atoms with Crippen LogP contribution < -0.4 is 4.74 Å². The molecule has 36 heavy (non-hydrogen) atoms. The number of aromatic carboxylic acids is 1. The van der Waals surface area contributed by atoms with Crippen LogP contribution in [0.2, 0.25) is 0 Å². The Kier molecular flexibility index (Phi) is 9.80. The highest BCUT2D eigenvalue weighted by Crippen LogP contribution is 2.21. The number of unbranched alkanes of at least 4 members (excludes halogenated alkanes) is 2. The minimum Gasteiger partial charge on any atom is -0.494 e. The van der Waals surface area contributed by atoms with Crippen molar-refractivity contribution in [3.05, 3.63) is 71.4 Å². The SMILES string of the molecule is CCCCOC(=O)CN(Cc1ccc2cc(OCCCC)ccc2n1)C(=O)c1cccc(C(=O)O)c1. The molecule has 8 nitrogen and oxygen atoms in total. The number of esters is 1. The van der Waals surface area contributed by atoms with E-state index >= 15 is 0 Å². The van der Waals surface area contributed by atoms with Crippen LogP contribution in [0, 0.1) is 0 Å². The molecule has 3 aromatic rings. The number of carbonyl (C=O) groups is 3. The molecule has 0 aliphatic heterocycles. The van der Waals surface area contributed by atoms with Gasteiger partial charge in [-0.25, -0.2) is 4.79 Å². The molecule has 0 bridgehead atoms. The van der Waals surface area contributed by atoms with Crippen LogP contribution in [0.1, 0.15) is 65.9 Å². The number of fused-ring (bicyclic) bond motifs is 1. The van der Waals surface area contributed by atoms with Gasteiger partial charge >= 0.3 is 11.9 Å². The normalized spacial score (nSPS) is 10.7. The molecule has 1 amide bonds. The Morgan fingerprint density at radius 1 is 0.917 bits per heavy atom. The Labute approximate surface area is 210 Å². The van der Waals surface area contributed by atoms with Gasteiger partial charge in [0.1, 0.15) is 12.3 Å². The molecular formula is C28H32N2O6. The third-order valence-corrected chi connectivity index (χ3v) is 5.56. The van der Waals surface area contributed by atoms with Gasteiger partial charge in [-0.1, -0.05) is 38.8 Å². The lowest BCUT2D eigenvalue weighted by molar-refractivity contribution is -0.144. The molecule has 0 unspecified atom stereocenters. The molecular weight excluding hydrogens is 460 g/mol. The minimum atomic E-state index is -1.13. The number of carboxylic acids is 1. The number of benzene rings is 2. The zero-order valence-electron chi connectivity index (χ0n) is 20.7. The average molecular weight is 493 g/mol. The number of rotatable bonds is 13. The first-order valence-corrected chi connectivity index (χ1v) is 12.2. The highest BCUT2D eigenvalue weighted by molar-refractivity contribution is 5.98. The Hall–Kier alpha value is -3.94. The summed E-state index contributed by atoms with van der Waals surface area (Å²) in [5.41, 5.74) is 1.49. The lowest BCUT2D eigenvalue weighted by Gasteiger charge is -2.22. The van der Waals surface area contributed by atoms with Crippen LogP contribution in [0.25, 0.3) is 10.9 Å². The van der Waals surface area contributed by atoms with Crippen LogP contribution in [-0.4, -0.2) is 52.6 Å². The van der Waals surface area contributed by atoms with E-state index in [0.29, 0.717) is 12.3 Å². The summed E-state index contributed by atoms with van der Waals surface area (Å²) in [5.74, 6) is -1.37. The van der Waals surface area contributed by atoms with E-state index in [1.165, 1.54) is 29.2 Å². The van der Waals surface area contributed by atoms with Crippen molar-refractivity contribution in [3.63, 3.8) is 0 Å². The van der Waals surface area contributed by atoms with Crippen LogP contribution in [0.3, 0.4) is 0 Å². The standard InChI is InChI=1S/C28H32N2O6/c1-3-5-14-35-24-12-13-25-20(17-24)10-11-23(29-25)18-30(19-26(31)36-15-6-4-2)27(32)21-8-7-9-22(16-21)28(33)34/h7-13,16-17H,3-6,14-15,18-19H2,1-2H3,(H,33,34). The van der Waals surface area contributed by atoms with Crippen LogP contribution in [-0.2, 0) is 16.1 Å². The number of nitrogens with zero attached hydrogens (tertiary/aromatic N) is 2. The van der Waals surface area contributed by atoms with E-state index in [4.69, 9.17) is 9.47 Å². The van der Waals surface area contributed by atoms with E-state index in [-0.39, 0.29) is 30.8 Å². The molecule has 190 valence electrons. The second-order valence-corrected chi connectivity index (χ2v) is 8.48. The fourth-order valence-electron chi connectivity index (χ4n) is 3.55. The molecule has 2 aromatic carbocycles. The number of aromatic nitrogens is 1. The molecule has 0 fully saturated rings. The molecule has 8 heteroatoms. The smallest absolute Gasteiger partial charge is 0.335 e. The van der Waals surface area contributed by atoms with E-state index < -0.39 is 17.8 Å². The van der Waals surface area contributed by atoms with Crippen molar-refractivity contribution in [2.75, 3.05) is 19.8 Å². The largest absolute Gasteiger partial charge is 0.494 e. The number of carbonyl (C=O) groups excluding carboxylic acids is 2. The number of pyridine rings is 1. The van der Waals surface area contributed by atoms with Crippen LogP contribution in [0.15, 0.2) is 54.6 Å². The third kappa shape index (κ3) is 7.53. The van der Waals surface area contributed by atoms with E-state index in [1.807, 2.05) is 31.2 Å². The maximum atomic E-state index is 13.3. The molecule has 0 aliphatic rings. The highest BCUT2D eigenvalue weighted by Gasteiger charge is 2.22. The van der Waals surface area contributed by atoms with Gasteiger partial charge in [0.15, 0.2) is 0 Å². The van der Waals surface area contributed by atoms with Crippen LogP contribution in [0.4, 0.5) is 0 Å². The number of hydrogen-bond donors (Lipinski definition) is 1. The van der Waals surface area contributed by atoms with Crippen molar-refractivity contribution in [1.82, 2.24) is 9.88 Å². The van der Waals surface area contributed by atoms with E-state index in [9.17, 15) is 19.5 Å². The van der Waals surface area contributed by atoms with Crippen molar-refractivity contribution in [2.45, 2.75) is 46.1 Å². The van der Waals surface area contributed by atoms with Gasteiger partial charge in [-0.15, -0.1) is 0 Å². The Balaban J connectivity index is 1.82. The monoisotopic (exact) mass is 492 g/mol. The second kappa shape index (κ2) is 13.2. The quantitative estimate of drug-likeness (QED) is 0.261. The summed E-state index contributed by atoms with van der Waals surface area (Å²) in [7, 11) is 0. The minimum absolute atomic E-state index is 0.00730. The van der Waals surface area contributed by atoms with Gasteiger partial charge in [0.2, 0.25) is 0 Å². The molecule has 0 spiro atoms. The van der Waals surface area contributed by atoms with E-state index in [1.54, 1.807) is 6.07 Å². The Morgan fingerprint density at radius 3 is 2.42 bits per heavy atom. The first-order valence-electron chi connectivity index (χ1n) is 12.2. The average Bonchev–Trinajstić information content (AvgIpc) is 2.88. The third-order valence-electron chi connectivity index (χ3n) is 5.56. The van der Waals surface area contributed by atoms with Crippen LogP contribution in [0.5, 0.6) is 5.75 Å². The van der Waals surface area contributed by atoms with Gasteiger partial charge in [-0.2, -0.15) is 0 Å². The van der Waals surface area contributed by atoms with Gasteiger partial charge in [0, 0.05) is 10.9 Å². The summed E-state index contributed by atoms with van der Waals surface area (Å²) >= 11 is 0. The lowest BCUT2D eigenvalue weighted by atomic mass is 10.1. The van der Waals surface area contributed by atoms with Gasteiger partial charge < -0.3 is 19.5 Å². The molecule has 3 rings (SSSR count). The maximum absolute atomic E-state index is 13.3.